The van der Waals surface area contributed by atoms with E-state index in [1.54, 1.807) is 30.3 Å². The number of hydrogen-bond acceptors (Lipinski definition) is 2. The van der Waals surface area contributed by atoms with Crippen molar-refractivity contribution in [2.75, 3.05) is 11.9 Å². The van der Waals surface area contributed by atoms with Crippen LogP contribution in [0.4, 0.5) is 5.69 Å². The van der Waals surface area contributed by atoms with Crippen LogP contribution in [-0.2, 0) is 4.79 Å². The maximum Gasteiger partial charge on any atom is 0.251 e. The molecule has 0 aromatic heterocycles. The standard InChI is InChI=1S/C15H18N2O2/c1-2-10-16-14(18)12-6-8-13(9-7-12)17-15(19)11-4-3-5-11/h2,6-9,11H,1,3-5,10H2,(H,16,18)(H,17,19). The monoisotopic (exact) mass is 258 g/mol. The zero-order chi connectivity index (χ0) is 13.7. The first-order chi connectivity index (χ1) is 9.20. The predicted octanol–water partition coefficient (Wildman–Crippen LogP) is 2.34. The van der Waals surface area contributed by atoms with Crippen LogP contribution in [0.5, 0.6) is 0 Å². The lowest BCUT2D eigenvalue weighted by Gasteiger charge is -2.24. The molecule has 100 valence electrons. The van der Waals surface area contributed by atoms with Crippen molar-refractivity contribution >= 4 is 17.5 Å². The van der Waals surface area contributed by atoms with Gasteiger partial charge in [0, 0.05) is 23.7 Å². The fourth-order valence-electron chi connectivity index (χ4n) is 1.89. The van der Waals surface area contributed by atoms with Gasteiger partial charge in [-0.1, -0.05) is 12.5 Å². The second-order valence-corrected chi connectivity index (χ2v) is 4.69. The first-order valence-electron chi connectivity index (χ1n) is 6.50. The quantitative estimate of drug-likeness (QED) is 0.796. The molecule has 0 heterocycles. The van der Waals surface area contributed by atoms with E-state index in [1.807, 2.05) is 0 Å². The van der Waals surface area contributed by atoms with Gasteiger partial charge in [-0.2, -0.15) is 0 Å². The van der Waals surface area contributed by atoms with Gasteiger partial charge in [0.05, 0.1) is 0 Å². The summed E-state index contributed by atoms with van der Waals surface area (Å²) in [7, 11) is 0. The van der Waals surface area contributed by atoms with Crippen LogP contribution < -0.4 is 10.6 Å². The lowest BCUT2D eigenvalue weighted by Crippen LogP contribution is -2.28. The molecule has 2 amide bonds. The molecule has 1 aromatic rings. The van der Waals surface area contributed by atoms with Gasteiger partial charge in [-0.15, -0.1) is 6.58 Å². The van der Waals surface area contributed by atoms with Crippen molar-refractivity contribution in [3.05, 3.63) is 42.5 Å². The van der Waals surface area contributed by atoms with E-state index in [2.05, 4.69) is 17.2 Å². The highest BCUT2D eigenvalue weighted by molar-refractivity contribution is 5.96. The Balaban J connectivity index is 1.92. The molecule has 0 bridgehead atoms. The van der Waals surface area contributed by atoms with Crippen LogP contribution in [0.15, 0.2) is 36.9 Å². The van der Waals surface area contributed by atoms with Crippen molar-refractivity contribution in [2.45, 2.75) is 19.3 Å². The summed E-state index contributed by atoms with van der Waals surface area (Å²) in [5, 5.41) is 5.57. The number of carbonyl (C=O) groups is 2. The van der Waals surface area contributed by atoms with E-state index in [0.29, 0.717) is 12.1 Å². The number of carbonyl (C=O) groups excluding carboxylic acids is 2. The molecule has 2 rings (SSSR count). The Morgan fingerprint density at radius 2 is 1.95 bits per heavy atom. The molecular formula is C15H18N2O2. The highest BCUT2D eigenvalue weighted by Gasteiger charge is 2.25. The SMILES string of the molecule is C=CCNC(=O)c1ccc(NC(=O)C2CCC2)cc1. The third kappa shape index (κ3) is 3.44. The normalized spacial score (nSPS) is 14.3. The van der Waals surface area contributed by atoms with E-state index < -0.39 is 0 Å². The van der Waals surface area contributed by atoms with Gasteiger partial charge in [-0.05, 0) is 37.1 Å². The zero-order valence-electron chi connectivity index (χ0n) is 10.8. The second-order valence-electron chi connectivity index (χ2n) is 4.69. The van der Waals surface area contributed by atoms with Crippen LogP contribution in [0.1, 0.15) is 29.6 Å². The Morgan fingerprint density at radius 3 is 2.47 bits per heavy atom. The molecule has 1 aliphatic rings. The van der Waals surface area contributed by atoms with E-state index in [0.717, 1.165) is 24.9 Å². The summed E-state index contributed by atoms with van der Waals surface area (Å²) in [6, 6.07) is 6.91. The van der Waals surface area contributed by atoms with E-state index >= 15 is 0 Å². The van der Waals surface area contributed by atoms with Gasteiger partial charge < -0.3 is 10.6 Å². The molecule has 1 fully saturated rings. The average Bonchev–Trinajstić information content (AvgIpc) is 2.34. The fraction of sp³-hybridized carbons (Fsp3) is 0.333. The predicted molar refractivity (Wildman–Crippen MR) is 74.9 cm³/mol. The van der Waals surface area contributed by atoms with Crippen molar-refractivity contribution in [2.24, 2.45) is 5.92 Å². The Morgan fingerprint density at radius 1 is 1.26 bits per heavy atom. The molecule has 0 aliphatic heterocycles. The van der Waals surface area contributed by atoms with Gasteiger partial charge in [0.2, 0.25) is 5.91 Å². The Bertz CT molecular complexity index is 475. The molecule has 0 radical (unpaired) electrons. The second kappa shape index (κ2) is 6.18. The molecule has 0 atom stereocenters. The van der Waals surface area contributed by atoms with Gasteiger partial charge >= 0.3 is 0 Å². The Kier molecular flexibility index (Phi) is 4.34. The van der Waals surface area contributed by atoms with Gasteiger partial charge in [-0.3, -0.25) is 9.59 Å². The van der Waals surface area contributed by atoms with Crippen LogP contribution in [0.25, 0.3) is 0 Å². The van der Waals surface area contributed by atoms with Gasteiger partial charge in [0.15, 0.2) is 0 Å². The lowest BCUT2D eigenvalue weighted by molar-refractivity contribution is -0.122. The number of nitrogens with one attached hydrogen (secondary N) is 2. The highest BCUT2D eigenvalue weighted by Crippen LogP contribution is 2.27. The van der Waals surface area contributed by atoms with Crippen LogP contribution >= 0.6 is 0 Å². The molecule has 4 heteroatoms. The molecule has 0 spiro atoms. The molecule has 4 nitrogen and oxygen atoms in total. The number of benzene rings is 1. The lowest BCUT2D eigenvalue weighted by atomic mass is 9.85. The van der Waals surface area contributed by atoms with E-state index in [4.69, 9.17) is 0 Å². The fourth-order valence-corrected chi connectivity index (χ4v) is 1.89. The number of rotatable bonds is 5. The van der Waals surface area contributed by atoms with Crippen LogP contribution in [0, 0.1) is 5.92 Å². The third-order valence-corrected chi connectivity index (χ3v) is 3.30. The first kappa shape index (κ1) is 13.3. The highest BCUT2D eigenvalue weighted by atomic mass is 16.2. The zero-order valence-corrected chi connectivity index (χ0v) is 10.8. The summed E-state index contributed by atoms with van der Waals surface area (Å²) in [5.74, 6) is 0.0995. The summed E-state index contributed by atoms with van der Waals surface area (Å²) >= 11 is 0. The number of amides is 2. The van der Waals surface area contributed by atoms with Crippen molar-refractivity contribution < 1.29 is 9.59 Å². The van der Waals surface area contributed by atoms with E-state index in [1.165, 1.54) is 0 Å². The van der Waals surface area contributed by atoms with Crippen LogP contribution in [0.2, 0.25) is 0 Å². The number of anilines is 1. The van der Waals surface area contributed by atoms with E-state index in [9.17, 15) is 9.59 Å². The molecule has 1 aromatic carbocycles. The minimum Gasteiger partial charge on any atom is -0.349 e. The molecule has 0 saturated heterocycles. The van der Waals surface area contributed by atoms with Crippen molar-refractivity contribution in [3.63, 3.8) is 0 Å². The van der Waals surface area contributed by atoms with Crippen LogP contribution in [-0.4, -0.2) is 18.4 Å². The summed E-state index contributed by atoms with van der Waals surface area (Å²) < 4.78 is 0. The minimum absolute atomic E-state index is 0.0788. The average molecular weight is 258 g/mol. The molecular weight excluding hydrogens is 240 g/mol. The summed E-state index contributed by atoms with van der Waals surface area (Å²) in [6.07, 6.45) is 4.73. The van der Waals surface area contributed by atoms with E-state index in [-0.39, 0.29) is 17.7 Å². The van der Waals surface area contributed by atoms with Crippen molar-refractivity contribution in [3.8, 4) is 0 Å². The molecule has 19 heavy (non-hydrogen) atoms. The Hall–Kier alpha value is -2.10. The summed E-state index contributed by atoms with van der Waals surface area (Å²) in [5.41, 5.74) is 1.31. The largest absolute Gasteiger partial charge is 0.349 e. The van der Waals surface area contributed by atoms with Crippen molar-refractivity contribution in [1.82, 2.24) is 5.32 Å². The van der Waals surface area contributed by atoms with Crippen LogP contribution in [0.3, 0.4) is 0 Å². The summed E-state index contributed by atoms with van der Waals surface area (Å²) in [6.45, 7) is 3.98. The smallest absolute Gasteiger partial charge is 0.251 e. The molecule has 1 aliphatic carbocycles. The van der Waals surface area contributed by atoms with Gasteiger partial charge in [0.1, 0.15) is 0 Å². The maximum atomic E-state index is 11.8. The van der Waals surface area contributed by atoms with Crippen molar-refractivity contribution in [1.29, 1.82) is 0 Å². The summed E-state index contributed by atoms with van der Waals surface area (Å²) in [4.78, 5) is 23.4. The Labute approximate surface area is 112 Å². The first-order valence-corrected chi connectivity index (χ1v) is 6.50. The molecule has 2 N–H and O–H groups in total. The third-order valence-electron chi connectivity index (χ3n) is 3.30. The minimum atomic E-state index is -0.142. The number of hydrogen-bond donors (Lipinski definition) is 2. The topological polar surface area (TPSA) is 58.2 Å². The molecule has 0 unspecified atom stereocenters. The molecule has 1 saturated carbocycles. The van der Waals surface area contributed by atoms with Gasteiger partial charge in [0.25, 0.3) is 5.91 Å². The van der Waals surface area contributed by atoms with Gasteiger partial charge in [-0.25, -0.2) is 0 Å². The maximum absolute atomic E-state index is 11.8.